The van der Waals surface area contributed by atoms with Crippen molar-refractivity contribution in [3.05, 3.63) is 27.7 Å². The number of rotatable bonds is 7. The predicted octanol–water partition coefficient (Wildman–Crippen LogP) is 1.71. The van der Waals surface area contributed by atoms with Gasteiger partial charge in [0.2, 0.25) is 10.0 Å². The minimum Gasteiger partial charge on any atom is -0.316 e. The lowest BCUT2D eigenvalue weighted by Crippen LogP contribution is -2.39. The molecule has 0 aliphatic carbocycles. The molecule has 0 bridgehead atoms. The molecule has 120 valence electrons. The molecule has 2 N–H and O–H groups in total. The Morgan fingerprint density at radius 1 is 1.33 bits per heavy atom. The highest BCUT2D eigenvalue weighted by Crippen LogP contribution is 2.26. The molecule has 21 heavy (non-hydrogen) atoms. The molecule has 1 unspecified atom stereocenters. The van der Waals surface area contributed by atoms with Gasteiger partial charge in [0, 0.05) is 23.6 Å². The second kappa shape index (κ2) is 7.69. The molecule has 0 amide bonds. The van der Waals surface area contributed by atoms with Gasteiger partial charge >= 0.3 is 0 Å². The number of nitrogens with zero attached hydrogens (tertiary/aromatic N) is 1. The van der Waals surface area contributed by atoms with Crippen LogP contribution in [0.4, 0.5) is 0 Å². The van der Waals surface area contributed by atoms with Gasteiger partial charge in [-0.3, -0.25) is 0 Å². The molecule has 1 rings (SSSR count). The zero-order chi connectivity index (χ0) is 16.2. The van der Waals surface area contributed by atoms with Gasteiger partial charge in [0.25, 0.3) is 0 Å². The van der Waals surface area contributed by atoms with Gasteiger partial charge in [-0.1, -0.05) is 15.9 Å². The lowest BCUT2D eigenvalue weighted by molar-refractivity contribution is 0.370. The first-order valence-electron chi connectivity index (χ1n) is 6.78. The average Bonchev–Trinajstić information content (AvgIpc) is 2.31. The summed E-state index contributed by atoms with van der Waals surface area (Å²) in [6.45, 7) is 4.93. The largest absolute Gasteiger partial charge is 0.316 e. The van der Waals surface area contributed by atoms with E-state index in [0.717, 1.165) is 15.6 Å². The Bertz CT molecular complexity index is 588. The highest BCUT2D eigenvalue weighted by Gasteiger charge is 2.21. The van der Waals surface area contributed by atoms with E-state index >= 15 is 0 Å². The van der Waals surface area contributed by atoms with Crippen molar-refractivity contribution in [2.45, 2.75) is 31.3 Å². The fourth-order valence-corrected chi connectivity index (χ4v) is 4.40. The van der Waals surface area contributed by atoms with Crippen molar-refractivity contribution in [2.24, 2.45) is 0 Å². The SMILES string of the molecule is CNCc1cc(Br)c(C)c(S(=O)(=O)NC(C)CN(C)C)c1. The predicted molar refractivity (Wildman–Crippen MR) is 90.0 cm³/mol. The van der Waals surface area contributed by atoms with Crippen LogP contribution in [-0.4, -0.2) is 47.0 Å². The van der Waals surface area contributed by atoms with Gasteiger partial charge < -0.3 is 10.2 Å². The van der Waals surface area contributed by atoms with Gasteiger partial charge in [-0.2, -0.15) is 0 Å². The maximum Gasteiger partial charge on any atom is 0.241 e. The van der Waals surface area contributed by atoms with Crippen molar-refractivity contribution in [1.29, 1.82) is 0 Å². The number of nitrogens with one attached hydrogen (secondary N) is 2. The Morgan fingerprint density at radius 3 is 2.48 bits per heavy atom. The van der Waals surface area contributed by atoms with E-state index < -0.39 is 10.0 Å². The zero-order valence-corrected chi connectivity index (χ0v) is 15.6. The van der Waals surface area contributed by atoms with E-state index in [1.165, 1.54) is 0 Å². The van der Waals surface area contributed by atoms with Crippen molar-refractivity contribution in [1.82, 2.24) is 14.9 Å². The summed E-state index contributed by atoms with van der Waals surface area (Å²) in [6, 6.07) is 3.51. The molecule has 0 aromatic heterocycles. The Labute approximate surface area is 136 Å². The van der Waals surface area contributed by atoms with Gasteiger partial charge in [0.15, 0.2) is 0 Å². The van der Waals surface area contributed by atoms with Gasteiger partial charge in [-0.25, -0.2) is 13.1 Å². The number of benzene rings is 1. The summed E-state index contributed by atoms with van der Waals surface area (Å²) in [5.41, 5.74) is 1.65. The van der Waals surface area contributed by atoms with Crippen LogP contribution >= 0.6 is 15.9 Å². The second-order valence-electron chi connectivity index (χ2n) is 5.52. The molecular weight excluding hydrogens is 354 g/mol. The third-order valence-electron chi connectivity index (χ3n) is 3.02. The molecule has 1 atom stereocenters. The molecule has 0 aliphatic heterocycles. The van der Waals surface area contributed by atoms with Gasteiger partial charge in [0.05, 0.1) is 4.90 Å². The fraction of sp³-hybridized carbons (Fsp3) is 0.571. The molecule has 0 aliphatic rings. The van der Waals surface area contributed by atoms with Crippen molar-refractivity contribution in [3.8, 4) is 0 Å². The van der Waals surface area contributed by atoms with E-state index in [-0.39, 0.29) is 6.04 Å². The Morgan fingerprint density at radius 2 is 1.95 bits per heavy atom. The molecular formula is C14H24BrN3O2S. The molecule has 0 heterocycles. The molecule has 1 aromatic carbocycles. The normalized spacial score (nSPS) is 13.7. The Kier molecular flexibility index (Phi) is 6.80. The topological polar surface area (TPSA) is 61.4 Å². The van der Waals surface area contributed by atoms with Crippen molar-refractivity contribution in [2.75, 3.05) is 27.7 Å². The molecule has 1 aromatic rings. The van der Waals surface area contributed by atoms with Gasteiger partial charge in [-0.05, 0) is 58.3 Å². The van der Waals surface area contributed by atoms with Crippen LogP contribution in [0.1, 0.15) is 18.1 Å². The summed E-state index contributed by atoms with van der Waals surface area (Å²) < 4.78 is 28.7. The fourth-order valence-electron chi connectivity index (χ4n) is 2.21. The summed E-state index contributed by atoms with van der Waals surface area (Å²) in [6.07, 6.45) is 0. The number of hydrogen-bond donors (Lipinski definition) is 2. The van der Waals surface area contributed by atoms with Crippen LogP contribution in [0.15, 0.2) is 21.5 Å². The molecule has 0 radical (unpaired) electrons. The Balaban J connectivity index is 3.12. The summed E-state index contributed by atoms with van der Waals surface area (Å²) in [4.78, 5) is 2.28. The smallest absolute Gasteiger partial charge is 0.241 e. The van der Waals surface area contributed by atoms with Gasteiger partial charge in [0.1, 0.15) is 0 Å². The average molecular weight is 378 g/mol. The van der Waals surface area contributed by atoms with Crippen molar-refractivity contribution in [3.63, 3.8) is 0 Å². The first kappa shape index (κ1) is 18.6. The van der Waals surface area contributed by atoms with Gasteiger partial charge in [-0.15, -0.1) is 0 Å². The van der Waals surface area contributed by atoms with Crippen LogP contribution in [0, 0.1) is 6.92 Å². The maximum atomic E-state index is 12.6. The van der Waals surface area contributed by atoms with Crippen LogP contribution in [0.2, 0.25) is 0 Å². The summed E-state index contributed by atoms with van der Waals surface area (Å²) >= 11 is 3.44. The minimum absolute atomic E-state index is 0.156. The Hall–Kier alpha value is -0.470. The van der Waals surface area contributed by atoms with E-state index in [2.05, 4.69) is 26.0 Å². The van der Waals surface area contributed by atoms with Crippen molar-refractivity contribution < 1.29 is 8.42 Å². The number of halogens is 1. The van der Waals surface area contributed by atoms with Crippen molar-refractivity contribution >= 4 is 26.0 Å². The quantitative estimate of drug-likeness (QED) is 0.758. The lowest BCUT2D eigenvalue weighted by Gasteiger charge is -2.19. The molecule has 0 fully saturated rings. The maximum absolute atomic E-state index is 12.6. The van der Waals surface area contributed by atoms with E-state index in [1.807, 2.05) is 39.0 Å². The van der Waals surface area contributed by atoms with Crippen LogP contribution in [0.25, 0.3) is 0 Å². The first-order chi connectivity index (χ1) is 9.67. The van der Waals surface area contributed by atoms with E-state index in [9.17, 15) is 8.42 Å². The lowest BCUT2D eigenvalue weighted by atomic mass is 10.1. The van der Waals surface area contributed by atoms with Crippen LogP contribution in [-0.2, 0) is 16.6 Å². The highest BCUT2D eigenvalue weighted by atomic mass is 79.9. The summed E-state index contributed by atoms with van der Waals surface area (Å²) in [5.74, 6) is 0. The van der Waals surface area contributed by atoms with Crippen LogP contribution < -0.4 is 10.0 Å². The molecule has 7 heteroatoms. The summed E-state index contributed by atoms with van der Waals surface area (Å²) in [7, 11) is 2.13. The molecule has 5 nitrogen and oxygen atoms in total. The van der Waals surface area contributed by atoms with E-state index in [0.29, 0.717) is 18.0 Å². The number of hydrogen-bond acceptors (Lipinski definition) is 4. The first-order valence-corrected chi connectivity index (χ1v) is 9.05. The standard InChI is InChI=1S/C14H24BrN3O2S/c1-10(9-18(4)5)17-21(19,20)14-7-12(8-16-3)6-13(15)11(14)2/h6-7,10,16-17H,8-9H2,1-5H3. The summed E-state index contributed by atoms with van der Waals surface area (Å²) in [5, 5.41) is 3.03. The molecule has 0 saturated carbocycles. The molecule has 0 spiro atoms. The van der Waals surface area contributed by atoms with E-state index in [1.54, 1.807) is 13.0 Å². The third-order valence-corrected chi connectivity index (χ3v) is 5.56. The number of likely N-dealkylation sites (N-methyl/N-ethyl adjacent to an activating group) is 1. The molecule has 0 saturated heterocycles. The monoisotopic (exact) mass is 377 g/mol. The third kappa shape index (κ3) is 5.34. The zero-order valence-electron chi connectivity index (χ0n) is 13.2. The highest BCUT2D eigenvalue weighted by molar-refractivity contribution is 9.10. The second-order valence-corrected chi connectivity index (χ2v) is 8.05. The number of sulfonamides is 1. The van der Waals surface area contributed by atoms with E-state index in [4.69, 9.17) is 0 Å². The van der Waals surface area contributed by atoms with Crippen LogP contribution in [0.3, 0.4) is 0 Å². The van der Waals surface area contributed by atoms with Crippen LogP contribution in [0.5, 0.6) is 0 Å². The minimum atomic E-state index is -3.53.